The molecule has 9 rings (SSSR count). The Morgan fingerprint density at radius 1 is 0.565 bits per heavy atom. The second-order valence-electron chi connectivity index (χ2n) is 13.3. The standard InChI is InChI=1S/C39H32N2O5/c1-2-19-46-30-20-29-33-28(38(44)41(39(29)45)22-11-7-4-8-12-22)17-14-24-23-13-16-26-32-27(18-15-25(31(23)32)34(30)35(24)33)37(43)40(36(26)42)21-9-5-3-6-10-21/h1,13-18,20-22H,3-12,19H2. The summed E-state index contributed by atoms with van der Waals surface area (Å²) in [6, 6.07) is 12.8. The quantitative estimate of drug-likeness (QED) is 0.0908. The molecule has 0 atom stereocenters. The summed E-state index contributed by atoms with van der Waals surface area (Å²) >= 11 is 0. The van der Waals surface area contributed by atoms with Gasteiger partial charge in [0.15, 0.2) is 0 Å². The maximum Gasteiger partial charge on any atom is 0.261 e. The zero-order valence-corrected chi connectivity index (χ0v) is 25.5. The van der Waals surface area contributed by atoms with Gasteiger partial charge in [-0.2, -0.15) is 0 Å². The highest BCUT2D eigenvalue weighted by atomic mass is 16.5. The topological polar surface area (TPSA) is 84.0 Å². The molecule has 2 heterocycles. The summed E-state index contributed by atoms with van der Waals surface area (Å²) in [7, 11) is 0. The van der Waals surface area contributed by atoms with Crippen LogP contribution in [0.3, 0.4) is 0 Å². The minimum absolute atomic E-state index is 0.00608. The summed E-state index contributed by atoms with van der Waals surface area (Å²) in [5.41, 5.74) is 1.99. The first-order valence-corrected chi connectivity index (χ1v) is 16.6. The van der Waals surface area contributed by atoms with Crippen LogP contribution in [0.25, 0.3) is 43.1 Å². The number of amides is 4. The molecule has 5 aromatic rings. The van der Waals surface area contributed by atoms with Gasteiger partial charge in [-0.3, -0.25) is 29.0 Å². The smallest absolute Gasteiger partial charge is 0.261 e. The highest BCUT2D eigenvalue weighted by Crippen LogP contribution is 2.50. The van der Waals surface area contributed by atoms with Crippen molar-refractivity contribution in [1.82, 2.24) is 9.80 Å². The van der Waals surface area contributed by atoms with E-state index in [0.29, 0.717) is 38.8 Å². The minimum atomic E-state index is -0.298. The SMILES string of the molecule is C#CCOc1cc2c3c(ccc4c5ccc6c7c(ccc(c1c34)c75)C(=O)N(C1CCCCC1)C6=O)C(=O)N(C1CCCCC1)C2=O. The number of hydrogen-bond acceptors (Lipinski definition) is 5. The van der Waals surface area contributed by atoms with E-state index in [9.17, 15) is 19.2 Å². The van der Waals surface area contributed by atoms with Gasteiger partial charge in [0.1, 0.15) is 12.4 Å². The van der Waals surface area contributed by atoms with Crippen molar-refractivity contribution < 1.29 is 23.9 Å². The van der Waals surface area contributed by atoms with Gasteiger partial charge in [0.05, 0.1) is 5.56 Å². The van der Waals surface area contributed by atoms with Crippen LogP contribution in [0.5, 0.6) is 5.75 Å². The molecule has 5 aromatic carbocycles. The maximum atomic E-state index is 14.2. The molecule has 2 aliphatic heterocycles. The number of rotatable bonds is 4. The second-order valence-corrected chi connectivity index (χ2v) is 13.3. The molecule has 2 fully saturated rings. The van der Waals surface area contributed by atoms with Gasteiger partial charge in [-0.1, -0.05) is 62.6 Å². The summed E-state index contributed by atoms with van der Waals surface area (Å²) in [6.07, 6.45) is 15.2. The molecule has 4 amide bonds. The molecule has 2 aliphatic carbocycles. The van der Waals surface area contributed by atoms with Crippen molar-refractivity contribution >= 4 is 66.7 Å². The van der Waals surface area contributed by atoms with Gasteiger partial charge < -0.3 is 4.74 Å². The van der Waals surface area contributed by atoms with E-state index < -0.39 is 0 Å². The van der Waals surface area contributed by atoms with E-state index in [2.05, 4.69) is 5.92 Å². The lowest BCUT2D eigenvalue weighted by Gasteiger charge is -2.37. The normalized spacial score (nSPS) is 19.3. The van der Waals surface area contributed by atoms with Crippen LogP contribution in [0.2, 0.25) is 0 Å². The van der Waals surface area contributed by atoms with E-state index >= 15 is 0 Å². The van der Waals surface area contributed by atoms with Crippen LogP contribution in [0, 0.1) is 12.3 Å². The molecule has 7 nitrogen and oxygen atoms in total. The number of hydrogen-bond donors (Lipinski definition) is 0. The van der Waals surface area contributed by atoms with Gasteiger partial charge in [0.2, 0.25) is 0 Å². The van der Waals surface area contributed by atoms with Gasteiger partial charge in [0, 0.05) is 50.3 Å². The van der Waals surface area contributed by atoms with Crippen LogP contribution in [-0.2, 0) is 0 Å². The third-order valence-electron chi connectivity index (χ3n) is 11.0. The highest BCUT2D eigenvalue weighted by Gasteiger charge is 2.41. The van der Waals surface area contributed by atoms with Gasteiger partial charge >= 0.3 is 0 Å². The number of carbonyl (C=O) groups is 4. The lowest BCUT2D eigenvalue weighted by atomic mass is 9.81. The number of terminal acetylenes is 1. The summed E-state index contributed by atoms with van der Waals surface area (Å²) in [5.74, 6) is 1.96. The first-order chi connectivity index (χ1) is 22.5. The fraction of sp³-hybridized carbons (Fsp3) is 0.333. The van der Waals surface area contributed by atoms with E-state index in [4.69, 9.17) is 11.2 Å². The van der Waals surface area contributed by atoms with Gasteiger partial charge in [-0.25, -0.2) is 0 Å². The van der Waals surface area contributed by atoms with Crippen LogP contribution in [-0.4, -0.2) is 52.1 Å². The van der Waals surface area contributed by atoms with Crippen LogP contribution in [0.1, 0.15) is 106 Å². The monoisotopic (exact) mass is 608 g/mol. The van der Waals surface area contributed by atoms with E-state index in [1.165, 1.54) is 9.80 Å². The molecule has 0 N–H and O–H groups in total. The van der Waals surface area contributed by atoms with E-state index in [1.807, 2.05) is 36.4 Å². The Bertz CT molecular complexity index is 2210. The van der Waals surface area contributed by atoms with Crippen LogP contribution >= 0.6 is 0 Å². The van der Waals surface area contributed by atoms with E-state index in [-0.39, 0.29) is 42.3 Å². The van der Waals surface area contributed by atoms with Crippen LogP contribution < -0.4 is 4.74 Å². The fourth-order valence-electron chi connectivity index (χ4n) is 8.94. The maximum absolute atomic E-state index is 14.2. The van der Waals surface area contributed by atoms with Gasteiger partial charge in [0.25, 0.3) is 23.6 Å². The predicted octanol–water partition coefficient (Wildman–Crippen LogP) is 7.61. The van der Waals surface area contributed by atoms with Crippen molar-refractivity contribution in [1.29, 1.82) is 0 Å². The van der Waals surface area contributed by atoms with Crippen LogP contribution in [0.15, 0.2) is 42.5 Å². The summed E-state index contributed by atoms with van der Waals surface area (Å²) in [4.78, 5) is 59.3. The molecule has 0 spiro atoms. The molecule has 0 unspecified atom stereocenters. The average Bonchev–Trinajstić information content (AvgIpc) is 3.09. The molecule has 0 saturated heterocycles. The molecule has 4 aliphatic rings. The van der Waals surface area contributed by atoms with E-state index in [1.54, 1.807) is 6.07 Å². The first kappa shape index (κ1) is 27.4. The second kappa shape index (κ2) is 10.0. The number of fused-ring (bicyclic) bond motifs is 2. The molecule has 0 bridgehead atoms. The Labute approximate surface area is 265 Å². The van der Waals surface area contributed by atoms with Crippen molar-refractivity contribution in [2.45, 2.75) is 76.3 Å². The molecular formula is C39H32N2O5. The van der Waals surface area contributed by atoms with Crippen molar-refractivity contribution in [3.63, 3.8) is 0 Å². The predicted molar refractivity (Wildman–Crippen MR) is 177 cm³/mol. The third-order valence-corrected chi connectivity index (χ3v) is 11.0. The van der Waals surface area contributed by atoms with E-state index in [0.717, 1.165) is 96.5 Å². The molecular weight excluding hydrogens is 576 g/mol. The van der Waals surface area contributed by atoms with Crippen molar-refractivity contribution in [2.24, 2.45) is 0 Å². The summed E-state index contributed by atoms with van der Waals surface area (Å²) in [5, 5.41) is 6.04. The Morgan fingerprint density at radius 2 is 1.02 bits per heavy atom. The zero-order chi connectivity index (χ0) is 31.3. The summed E-state index contributed by atoms with van der Waals surface area (Å²) < 4.78 is 6.19. The van der Waals surface area contributed by atoms with Crippen molar-refractivity contribution in [3.05, 3.63) is 64.7 Å². The Balaban J connectivity index is 1.34. The molecule has 228 valence electrons. The Morgan fingerprint density at radius 3 is 1.54 bits per heavy atom. The number of nitrogens with zero attached hydrogens (tertiary/aromatic N) is 2. The number of benzene rings is 5. The van der Waals surface area contributed by atoms with Gasteiger partial charge in [-0.15, -0.1) is 6.42 Å². The highest BCUT2D eigenvalue weighted by molar-refractivity contribution is 6.42. The first-order valence-electron chi connectivity index (χ1n) is 16.6. The number of ether oxygens (including phenoxy) is 1. The zero-order valence-electron chi connectivity index (χ0n) is 25.5. The van der Waals surface area contributed by atoms with Crippen LogP contribution in [0.4, 0.5) is 0 Å². The van der Waals surface area contributed by atoms with Crippen molar-refractivity contribution in [3.8, 4) is 18.1 Å². The third kappa shape index (κ3) is 3.56. The summed E-state index contributed by atoms with van der Waals surface area (Å²) in [6.45, 7) is -0.00608. The van der Waals surface area contributed by atoms with Gasteiger partial charge in [-0.05, 0) is 71.5 Å². The Kier molecular flexibility index (Phi) is 5.96. The lowest BCUT2D eigenvalue weighted by molar-refractivity contribution is 0.0487. The fourth-order valence-corrected chi connectivity index (χ4v) is 8.94. The Hall–Kier alpha value is -4.96. The molecule has 7 heteroatoms. The van der Waals surface area contributed by atoms with Crippen molar-refractivity contribution in [2.75, 3.05) is 6.61 Å². The number of carbonyl (C=O) groups excluding carboxylic acids is 4. The minimum Gasteiger partial charge on any atom is -0.480 e. The molecule has 46 heavy (non-hydrogen) atoms. The molecule has 0 radical (unpaired) electrons. The lowest BCUT2D eigenvalue weighted by Crippen LogP contribution is -2.47. The number of imide groups is 2. The average molecular weight is 609 g/mol. The molecule has 2 saturated carbocycles. The molecule has 0 aromatic heterocycles. The largest absolute Gasteiger partial charge is 0.480 e.